The zero-order valence-electron chi connectivity index (χ0n) is 11.3. The minimum absolute atomic E-state index is 0.00515. The van der Waals surface area contributed by atoms with Gasteiger partial charge in [-0.25, -0.2) is 0 Å². The standard InChI is InChI=1S/C14H14Br2N4O/c1-8-5-10(15)13(11(16)6-8)19-7-9-3-2-4-18-12(9)14(17)20-21/h2-6,19,21H,7H2,1H3,(H2,17,20). The first-order chi connectivity index (χ1) is 10.0. The Labute approximate surface area is 139 Å². The van der Waals surface area contributed by atoms with Crippen LogP contribution in [0.5, 0.6) is 0 Å². The Hall–Kier alpha value is -1.60. The number of oxime groups is 1. The molecule has 0 saturated carbocycles. The number of nitrogens with zero attached hydrogens (tertiary/aromatic N) is 2. The number of nitrogens with two attached hydrogens (primary N) is 1. The van der Waals surface area contributed by atoms with Gasteiger partial charge in [-0.2, -0.15) is 0 Å². The summed E-state index contributed by atoms with van der Waals surface area (Å²) >= 11 is 7.07. The molecule has 7 heteroatoms. The fraction of sp³-hybridized carbons (Fsp3) is 0.143. The van der Waals surface area contributed by atoms with E-state index in [0.717, 1.165) is 25.8 Å². The Kier molecular flexibility index (Phi) is 5.19. The highest BCUT2D eigenvalue weighted by molar-refractivity contribution is 9.11. The molecule has 21 heavy (non-hydrogen) atoms. The topological polar surface area (TPSA) is 83.5 Å². The average Bonchev–Trinajstić information content (AvgIpc) is 2.45. The van der Waals surface area contributed by atoms with Crippen LogP contribution >= 0.6 is 31.9 Å². The molecule has 0 fully saturated rings. The molecule has 0 unspecified atom stereocenters. The van der Waals surface area contributed by atoms with Crippen LogP contribution in [0.25, 0.3) is 0 Å². The van der Waals surface area contributed by atoms with Crippen molar-refractivity contribution in [3.63, 3.8) is 0 Å². The lowest BCUT2D eigenvalue weighted by Gasteiger charge is -2.13. The number of hydrogen-bond acceptors (Lipinski definition) is 4. The molecule has 4 N–H and O–H groups in total. The van der Waals surface area contributed by atoms with E-state index < -0.39 is 0 Å². The van der Waals surface area contributed by atoms with Crippen LogP contribution in [0.1, 0.15) is 16.8 Å². The predicted octanol–water partition coefficient (Wildman–Crippen LogP) is 3.62. The number of aromatic nitrogens is 1. The predicted molar refractivity (Wildman–Crippen MR) is 90.7 cm³/mol. The lowest BCUT2D eigenvalue weighted by Crippen LogP contribution is -2.18. The van der Waals surface area contributed by atoms with Gasteiger partial charge >= 0.3 is 0 Å². The number of halogens is 2. The molecule has 0 aliphatic rings. The first-order valence-corrected chi connectivity index (χ1v) is 7.73. The molecule has 0 radical (unpaired) electrons. The van der Waals surface area contributed by atoms with Gasteiger partial charge in [-0.3, -0.25) is 4.98 Å². The average molecular weight is 414 g/mol. The highest BCUT2D eigenvalue weighted by Gasteiger charge is 2.10. The van der Waals surface area contributed by atoms with E-state index in [2.05, 4.69) is 47.3 Å². The van der Waals surface area contributed by atoms with Crippen molar-refractivity contribution in [1.29, 1.82) is 0 Å². The second kappa shape index (κ2) is 6.91. The normalized spacial score (nSPS) is 11.5. The van der Waals surface area contributed by atoms with Crippen molar-refractivity contribution in [3.05, 3.63) is 56.2 Å². The van der Waals surface area contributed by atoms with Crippen LogP contribution < -0.4 is 11.1 Å². The lowest BCUT2D eigenvalue weighted by atomic mass is 10.1. The summed E-state index contributed by atoms with van der Waals surface area (Å²) in [6.07, 6.45) is 1.61. The van der Waals surface area contributed by atoms with E-state index in [9.17, 15) is 0 Å². The third-order valence-electron chi connectivity index (χ3n) is 2.88. The van der Waals surface area contributed by atoms with E-state index in [1.807, 2.05) is 31.2 Å². The van der Waals surface area contributed by atoms with Crippen molar-refractivity contribution in [1.82, 2.24) is 4.98 Å². The number of amidine groups is 1. The molecule has 0 saturated heterocycles. The second-order valence-corrected chi connectivity index (χ2v) is 6.16. The summed E-state index contributed by atoms with van der Waals surface area (Å²) in [7, 11) is 0. The van der Waals surface area contributed by atoms with Gasteiger partial charge in [-0.1, -0.05) is 11.2 Å². The second-order valence-electron chi connectivity index (χ2n) is 4.45. The van der Waals surface area contributed by atoms with Crippen molar-refractivity contribution in [3.8, 4) is 0 Å². The molecule has 0 amide bonds. The van der Waals surface area contributed by atoms with E-state index in [-0.39, 0.29) is 5.84 Å². The molecule has 2 rings (SSSR count). The van der Waals surface area contributed by atoms with Gasteiger partial charge < -0.3 is 16.3 Å². The molecule has 1 aromatic heterocycles. The Bertz CT molecular complexity index is 665. The number of nitrogens with one attached hydrogen (secondary N) is 1. The zero-order chi connectivity index (χ0) is 15.4. The van der Waals surface area contributed by atoms with Crippen LogP contribution in [-0.4, -0.2) is 16.0 Å². The van der Waals surface area contributed by atoms with Crippen LogP contribution in [0.15, 0.2) is 44.6 Å². The van der Waals surface area contributed by atoms with Crippen molar-refractivity contribution in [2.24, 2.45) is 10.9 Å². The van der Waals surface area contributed by atoms with Gasteiger partial charge in [-0.15, -0.1) is 0 Å². The lowest BCUT2D eigenvalue weighted by molar-refractivity contribution is 0.318. The minimum atomic E-state index is -0.00515. The summed E-state index contributed by atoms with van der Waals surface area (Å²) in [6.45, 7) is 2.52. The number of aryl methyl sites for hydroxylation is 1. The number of benzene rings is 1. The highest BCUT2D eigenvalue weighted by Crippen LogP contribution is 2.32. The van der Waals surface area contributed by atoms with E-state index in [0.29, 0.717) is 12.2 Å². The van der Waals surface area contributed by atoms with Gasteiger partial charge in [0, 0.05) is 27.3 Å². The number of pyridine rings is 1. The maximum atomic E-state index is 8.80. The molecular formula is C14H14Br2N4O. The number of anilines is 1. The molecule has 5 nitrogen and oxygen atoms in total. The van der Waals surface area contributed by atoms with Crippen molar-refractivity contribution in [2.75, 3.05) is 5.32 Å². The summed E-state index contributed by atoms with van der Waals surface area (Å²) < 4.78 is 1.92. The van der Waals surface area contributed by atoms with Crippen molar-refractivity contribution >= 4 is 43.4 Å². The SMILES string of the molecule is Cc1cc(Br)c(NCc2cccnc2C(N)=NO)c(Br)c1. The fourth-order valence-corrected chi connectivity index (χ4v) is 3.61. The monoisotopic (exact) mass is 412 g/mol. The Morgan fingerprint density at radius 3 is 2.67 bits per heavy atom. The number of hydrogen-bond donors (Lipinski definition) is 3. The molecule has 1 aromatic carbocycles. The Morgan fingerprint density at radius 1 is 1.38 bits per heavy atom. The van der Waals surface area contributed by atoms with Crippen LogP contribution in [-0.2, 0) is 6.54 Å². The summed E-state index contributed by atoms with van der Waals surface area (Å²) in [5.74, 6) is -0.00515. The highest BCUT2D eigenvalue weighted by atomic mass is 79.9. The van der Waals surface area contributed by atoms with E-state index in [1.165, 1.54) is 0 Å². The fourth-order valence-electron chi connectivity index (χ4n) is 1.91. The quantitative estimate of drug-likeness (QED) is 0.309. The molecule has 110 valence electrons. The molecule has 0 aliphatic carbocycles. The smallest absolute Gasteiger partial charge is 0.189 e. The summed E-state index contributed by atoms with van der Waals surface area (Å²) in [4.78, 5) is 4.14. The zero-order valence-corrected chi connectivity index (χ0v) is 14.4. The Balaban J connectivity index is 2.26. The summed E-state index contributed by atoms with van der Waals surface area (Å²) in [6, 6.07) is 7.75. The minimum Gasteiger partial charge on any atom is -0.409 e. The molecule has 0 aliphatic heterocycles. The summed E-state index contributed by atoms with van der Waals surface area (Å²) in [5, 5.41) is 15.1. The van der Waals surface area contributed by atoms with Crippen molar-refractivity contribution in [2.45, 2.75) is 13.5 Å². The van der Waals surface area contributed by atoms with Gasteiger partial charge in [0.15, 0.2) is 5.84 Å². The molecule has 0 spiro atoms. The molecule has 0 atom stereocenters. The van der Waals surface area contributed by atoms with Crippen LogP contribution in [0.4, 0.5) is 5.69 Å². The molecule has 1 heterocycles. The van der Waals surface area contributed by atoms with E-state index in [4.69, 9.17) is 10.9 Å². The van der Waals surface area contributed by atoms with Gasteiger partial charge in [0.1, 0.15) is 5.69 Å². The maximum Gasteiger partial charge on any atom is 0.189 e. The number of rotatable bonds is 4. The van der Waals surface area contributed by atoms with E-state index >= 15 is 0 Å². The molecular weight excluding hydrogens is 400 g/mol. The third kappa shape index (κ3) is 3.74. The first-order valence-electron chi connectivity index (χ1n) is 6.14. The van der Waals surface area contributed by atoms with Crippen LogP contribution in [0.3, 0.4) is 0 Å². The Morgan fingerprint density at radius 2 is 2.05 bits per heavy atom. The third-order valence-corrected chi connectivity index (χ3v) is 4.13. The van der Waals surface area contributed by atoms with Crippen molar-refractivity contribution < 1.29 is 5.21 Å². The van der Waals surface area contributed by atoms with Crippen LogP contribution in [0.2, 0.25) is 0 Å². The van der Waals surface area contributed by atoms with E-state index in [1.54, 1.807) is 6.20 Å². The first kappa shape index (κ1) is 15.8. The van der Waals surface area contributed by atoms with Crippen LogP contribution in [0, 0.1) is 6.92 Å². The largest absolute Gasteiger partial charge is 0.409 e. The molecule has 2 aromatic rings. The van der Waals surface area contributed by atoms with Gasteiger partial charge in [-0.05, 0) is 62.5 Å². The summed E-state index contributed by atoms with van der Waals surface area (Å²) in [5.41, 5.74) is 9.03. The van der Waals surface area contributed by atoms with Gasteiger partial charge in [0.2, 0.25) is 0 Å². The van der Waals surface area contributed by atoms with Gasteiger partial charge in [0.25, 0.3) is 0 Å². The maximum absolute atomic E-state index is 8.80. The van der Waals surface area contributed by atoms with Gasteiger partial charge in [0.05, 0.1) is 5.69 Å². The molecule has 0 bridgehead atoms.